The number of nitrogen functional groups attached to an aromatic ring is 1. The van der Waals surface area contributed by atoms with E-state index < -0.39 is 5.82 Å². The Morgan fingerprint density at radius 1 is 1.32 bits per heavy atom. The molecule has 3 aromatic rings. The number of aryl methyl sites for hydroxylation is 1. The lowest BCUT2D eigenvalue weighted by Crippen LogP contribution is -1.94. The summed E-state index contributed by atoms with van der Waals surface area (Å²) in [5.74, 6) is -0.137. The molecular weight excluding hydrogens is 247 g/mol. The van der Waals surface area contributed by atoms with E-state index in [2.05, 4.69) is 15.0 Å². The molecule has 2 aromatic heterocycles. The molecule has 0 radical (unpaired) electrons. The predicted molar refractivity (Wildman–Crippen MR) is 69.5 cm³/mol. The maximum absolute atomic E-state index is 13.7. The van der Waals surface area contributed by atoms with Crippen LogP contribution in [-0.2, 0) is 0 Å². The normalized spacial score (nSPS) is 10.8. The van der Waals surface area contributed by atoms with Gasteiger partial charge in [0.05, 0.1) is 5.39 Å². The molecule has 3 N–H and O–H groups in total. The van der Waals surface area contributed by atoms with Crippen molar-refractivity contribution in [2.75, 3.05) is 5.73 Å². The van der Waals surface area contributed by atoms with Gasteiger partial charge in [-0.3, -0.25) is 0 Å². The van der Waals surface area contributed by atoms with Gasteiger partial charge in [0.15, 0.2) is 11.6 Å². The van der Waals surface area contributed by atoms with E-state index in [1.807, 2.05) is 6.92 Å². The number of benzene rings is 1. The van der Waals surface area contributed by atoms with Crippen LogP contribution < -0.4 is 10.5 Å². The van der Waals surface area contributed by atoms with E-state index in [4.69, 9.17) is 10.5 Å². The highest BCUT2D eigenvalue weighted by Gasteiger charge is 2.12. The molecule has 3 rings (SSSR count). The second-order valence-corrected chi connectivity index (χ2v) is 4.17. The molecule has 0 saturated heterocycles. The van der Waals surface area contributed by atoms with E-state index >= 15 is 0 Å². The Morgan fingerprint density at radius 2 is 2.16 bits per heavy atom. The molecule has 0 amide bonds. The summed E-state index contributed by atoms with van der Waals surface area (Å²) in [6.07, 6.45) is 3.16. The van der Waals surface area contributed by atoms with Crippen LogP contribution in [-0.4, -0.2) is 15.0 Å². The van der Waals surface area contributed by atoms with Crippen LogP contribution in [0.4, 0.5) is 10.1 Å². The molecule has 0 atom stereocenters. The Labute approximate surface area is 108 Å². The molecule has 6 heteroatoms. The zero-order valence-electron chi connectivity index (χ0n) is 10.1. The third kappa shape index (κ3) is 1.97. The van der Waals surface area contributed by atoms with E-state index in [0.29, 0.717) is 17.2 Å². The fourth-order valence-electron chi connectivity index (χ4n) is 1.86. The van der Waals surface area contributed by atoms with Gasteiger partial charge in [0.25, 0.3) is 0 Å². The zero-order valence-corrected chi connectivity index (χ0v) is 10.1. The summed E-state index contributed by atoms with van der Waals surface area (Å²) < 4.78 is 19.2. The molecule has 5 nitrogen and oxygen atoms in total. The lowest BCUT2D eigenvalue weighted by atomic mass is 10.2. The monoisotopic (exact) mass is 258 g/mol. The number of aromatic nitrogens is 3. The zero-order chi connectivity index (χ0) is 13.4. The maximum atomic E-state index is 13.7. The molecule has 0 saturated carbocycles. The van der Waals surface area contributed by atoms with Crippen LogP contribution in [0.5, 0.6) is 11.6 Å². The second kappa shape index (κ2) is 4.24. The quantitative estimate of drug-likeness (QED) is 0.693. The first-order valence-corrected chi connectivity index (χ1v) is 5.66. The number of nitrogens with one attached hydrogen (secondary N) is 1. The number of rotatable bonds is 2. The van der Waals surface area contributed by atoms with E-state index in [9.17, 15) is 4.39 Å². The van der Waals surface area contributed by atoms with Crippen LogP contribution in [0.15, 0.2) is 30.7 Å². The largest absolute Gasteiger partial charge is 0.435 e. The molecule has 1 aromatic carbocycles. The average Bonchev–Trinajstić information content (AvgIpc) is 2.76. The molecule has 0 fully saturated rings. The number of H-pyrrole nitrogens is 1. The third-order valence-electron chi connectivity index (χ3n) is 2.79. The fourth-order valence-corrected chi connectivity index (χ4v) is 1.86. The van der Waals surface area contributed by atoms with Crippen molar-refractivity contribution in [2.24, 2.45) is 0 Å². The minimum absolute atomic E-state index is 0.0785. The van der Waals surface area contributed by atoms with Crippen LogP contribution in [0.2, 0.25) is 0 Å². The molecule has 96 valence electrons. The fraction of sp³-hybridized carbons (Fsp3) is 0.0769. The van der Waals surface area contributed by atoms with Crippen molar-refractivity contribution in [2.45, 2.75) is 6.92 Å². The minimum Gasteiger partial charge on any atom is -0.435 e. The van der Waals surface area contributed by atoms with E-state index in [-0.39, 0.29) is 5.75 Å². The van der Waals surface area contributed by atoms with Crippen molar-refractivity contribution >= 4 is 16.7 Å². The van der Waals surface area contributed by atoms with Crippen molar-refractivity contribution in [3.05, 3.63) is 42.1 Å². The molecule has 2 heterocycles. The van der Waals surface area contributed by atoms with Gasteiger partial charge in [0.2, 0.25) is 5.88 Å². The standard InChI is InChI=1S/C13H11FN4O/c1-7-5-16-12-11(7)13(18-6-17-12)19-10-3-2-8(15)4-9(10)14/h2-6H,15H2,1H3,(H,16,17,18). The van der Waals surface area contributed by atoms with Crippen molar-refractivity contribution in [3.8, 4) is 11.6 Å². The molecule has 19 heavy (non-hydrogen) atoms. The Morgan fingerprint density at radius 3 is 2.95 bits per heavy atom. The Balaban J connectivity index is 2.08. The van der Waals surface area contributed by atoms with Gasteiger partial charge in [-0.15, -0.1) is 0 Å². The molecular formula is C13H11FN4O. The molecule has 0 aliphatic carbocycles. The van der Waals surface area contributed by atoms with Gasteiger partial charge in [-0.05, 0) is 24.6 Å². The smallest absolute Gasteiger partial charge is 0.232 e. The van der Waals surface area contributed by atoms with Crippen LogP contribution in [0.1, 0.15) is 5.56 Å². The summed E-state index contributed by atoms with van der Waals surface area (Å²) in [7, 11) is 0. The van der Waals surface area contributed by atoms with Gasteiger partial charge < -0.3 is 15.5 Å². The van der Waals surface area contributed by atoms with Crippen LogP contribution in [0.25, 0.3) is 11.0 Å². The molecule has 0 spiro atoms. The number of halogens is 1. The number of ether oxygens (including phenoxy) is 1. The Kier molecular flexibility index (Phi) is 2.56. The summed E-state index contributed by atoms with van der Waals surface area (Å²) in [5.41, 5.74) is 7.42. The number of nitrogens with zero attached hydrogens (tertiary/aromatic N) is 2. The van der Waals surface area contributed by atoms with E-state index in [0.717, 1.165) is 10.9 Å². The lowest BCUT2D eigenvalue weighted by molar-refractivity contribution is 0.432. The molecule has 0 unspecified atom stereocenters. The van der Waals surface area contributed by atoms with Crippen molar-refractivity contribution < 1.29 is 9.13 Å². The van der Waals surface area contributed by atoms with Gasteiger partial charge in [0.1, 0.15) is 12.0 Å². The van der Waals surface area contributed by atoms with Gasteiger partial charge >= 0.3 is 0 Å². The van der Waals surface area contributed by atoms with Crippen molar-refractivity contribution in [3.63, 3.8) is 0 Å². The van der Waals surface area contributed by atoms with Gasteiger partial charge in [-0.1, -0.05) is 0 Å². The Hall–Kier alpha value is -2.63. The summed E-state index contributed by atoms with van der Waals surface area (Å²) in [6.45, 7) is 1.90. The molecule has 0 bridgehead atoms. The van der Waals surface area contributed by atoms with E-state index in [1.165, 1.54) is 18.5 Å². The Bertz CT molecular complexity index is 753. The maximum Gasteiger partial charge on any atom is 0.232 e. The topological polar surface area (TPSA) is 76.8 Å². The third-order valence-corrected chi connectivity index (χ3v) is 2.79. The van der Waals surface area contributed by atoms with Crippen molar-refractivity contribution in [1.82, 2.24) is 15.0 Å². The first kappa shape index (κ1) is 11.5. The highest BCUT2D eigenvalue weighted by Crippen LogP contribution is 2.30. The van der Waals surface area contributed by atoms with Gasteiger partial charge in [-0.2, -0.15) is 0 Å². The van der Waals surface area contributed by atoms with Crippen molar-refractivity contribution in [1.29, 1.82) is 0 Å². The number of hydrogen-bond acceptors (Lipinski definition) is 4. The number of anilines is 1. The number of fused-ring (bicyclic) bond motifs is 1. The average molecular weight is 258 g/mol. The second-order valence-electron chi connectivity index (χ2n) is 4.17. The summed E-state index contributed by atoms with van der Waals surface area (Å²) in [4.78, 5) is 11.1. The molecule has 0 aliphatic rings. The van der Waals surface area contributed by atoms with Gasteiger partial charge in [0, 0.05) is 18.0 Å². The number of nitrogens with two attached hydrogens (primary N) is 1. The summed E-state index contributed by atoms with van der Waals surface area (Å²) in [5, 5.41) is 0.735. The first-order chi connectivity index (χ1) is 9.15. The van der Waals surface area contributed by atoms with E-state index in [1.54, 1.807) is 12.3 Å². The minimum atomic E-state index is -0.528. The summed E-state index contributed by atoms with van der Waals surface area (Å²) in [6, 6.07) is 4.25. The van der Waals surface area contributed by atoms with Gasteiger partial charge in [-0.25, -0.2) is 14.4 Å². The predicted octanol–water partition coefficient (Wildman–Crippen LogP) is 2.78. The first-order valence-electron chi connectivity index (χ1n) is 5.66. The molecule has 0 aliphatic heterocycles. The highest BCUT2D eigenvalue weighted by molar-refractivity contribution is 5.84. The number of hydrogen-bond donors (Lipinski definition) is 2. The SMILES string of the molecule is Cc1c[nH]c2ncnc(Oc3ccc(N)cc3F)c12. The van der Waals surface area contributed by atoms with Crippen LogP contribution >= 0.6 is 0 Å². The number of aromatic amines is 1. The van der Waals surface area contributed by atoms with Crippen LogP contribution in [0.3, 0.4) is 0 Å². The van der Waals surface area contributed by atoms with Crippen LogP contribution in [0, 0.1) is 12.7 Å². The highest BCUT2D eigenvalue weighted by atomic mass is 19.1. The summed E-state index contributed by atoms with van der Waals surface area (Å²) >= 11 is 0. The lowest BCUT2D eigenvalue weighted by Gasteiger charge is -2.07.